The van der Waals surface area contributed by atoms with Crippen LogP contribution in [0.3, 0.4) is 0 Å². The highest BCUT2D eigenvalue weighted by atomic mass is 19.3. The van der Waals surface area contributed by atoms with Gasteiger partial charge in [-0.3, -0.25) is 5.73 Å². The molecule has 9 heteroatoms. The van der Waals surface area contributed by atoms with Crippen molar-refractivity contribution in [3.63, 3.8) is 0 Å². The number of nitrogens with two attached hydrogens (primary N) is 1. The molecule has 0 amide bonds. The molecule has 0 radical (unpaired) electrons. The zero-order chi connectivity index (χ0) is 12.4. The Morgan fingerprint density at radius 2 is 1.53 bits per heavy atom. The van der Waals surface area contributed by atoms with Gasteiger partial charge < -0.3 is 5.11 Å². The van der Waals surface area contributed by atoms with Crippen LogP contribution < -0.4 is 5.73 Å². The van der Waals surface area contributed by atoms with Gasteiger partial charge in [0, 0.05) is 0 Å². The van der Waals surface area contributed by atoms with Crippen LogP contribution in [0.2, 0.25) is 0 Å². The SMILES string of the molecule is NC(F)(C(=O)O)C(F)C(F)C(F)C(F)F. The van der Waals surface area contributed by atoms with Crippen molar-refractivity contribution in [2.75, 3.05) is 0 Å². The maximum absolute atomic E-state index is 12.6. The first kappa shape index (κ1) is 14.0. The molecule has 0 aliphatic carbocycles. The van der Waals surface area contributed by atoms with Crippen molar-refractivity contribution in [2.45, 2.75) is 30.7 Å². The molecule has 0 aromatic rings. The van der Waals surface area contributed by atoms with Crippen LogP contribution in [0.25, 0.3) is 0 Å². The van der Waals surface area contributed by atoms with E-state index in [1.54, 1.807) is 0 Å². The summed E-state index contributed by atoms with van der Waals surface area (Å²) < 4.78 is 73.0. The molecule has 0 aliphatic rings. The molecule has 0 heterocycles. The van der Waals surface area contributed by atoms with Crippen molar-refractivity contribution < 1.29 is 36.2 Å². The Hall–Kier alpha value is -0.990. The van der Waals surface area contributed by atoms with Gasteiger partial charge in [-0.1, -0.05) is 0 Å². The molecule has 4 atom stereocenters. The molecular formula is C6H7F6NO2. The Morgan fingerprint density at radius 1 is 1.13 bits per heavy atom. The zero-order valence-corrected chi connectivity index (χ0v) is 7.01. The van der Waals surface area contributed by atoms with E-state index in [0.717, 1.165) is 0 Å². The fourth-order valence-corrected chi connectivity index (χ4v) is 0.650. The van der Waals surface area contributed by atoms with Crippen LogP contribution in [0, 0.1) is 0 Å². The van der Waals surface area contributed by atoms with Gasteiger partial charge in [0.15, 0.2) is 18.5 Å². The van der Waals surface area contributed by atoms with Crippen LogP contribution in [0.5, 0.6) is 0 Å². The van der Waals surface area contributed by atoms with E-state index < -0.39 is 36.7 Å². The Bertz CT molecular complexity index is 236. The van der Waals surface area contributed by atoms with Gasteiger partial charge >= 0.3 is 5.97 Å². The number of hydrogen-bond donors (Lipinski definition) is 2. The van der Waals surface area contributed by atoms with E-state index in [1.807, 2.05) is 0 Å². The molecule has 15 heavy (non-hydrogen) atoms. The van der Waals surface area contributed by atoms with Crippen molar-refractivity contribution in [3.8, 4) is 0 Å². The maximum Gasteiger partial charge on any atom is 0.359 e. The Morgan fingerprint density at radius 3 is 1.80 bits per heavy atom. The summed E-state index contributed by atoms with van der Waals surface area (Å²) >= 11 is 0. The van der Waals surface area contributed by atoms with E-state index in [2.05, 4.69) is 5.73 Å². The second kappa shape index (κ2) is 4.69. The summed E-state index contributed by atoms with van der Waals surface area (Å²) in [5, 5.41) is 7.96. The summed E-state index contributed by atoms with van der Waals surface area (Å²) in [6.45, 7) is 0. The second-order valence-corrected chi connectivity index (χ2v) is 2.70. The van der Waals surface area contributed by atoms with Crippen LogP contribution in [-0.4, -0.2) is 41.8 Å². The number of carbonyl (C=O) groups is 1. The van der Waals surface area contributed by atoms with Crippen molar-refractivity contribution in [1.82, 2.24) is 0 Å². The molecule has 0 saturated heterocycles. The van der Waals surface area contributed by atoms with Crippen LogP contribution in [0.1, 0.15) is 0 Å². The minimum Gasteiger partial charge on any atom is -0.478 e. The Labute approximate surface area is 79.9 Å². The third kappa shape index (κ3) is 2.98. The predicted octanol–water partition coefficient (Wildman–Crippen LogP) is 0.975. The zero-order valence-electron chi connectivity index (χ0n) is 7.01. The topological polar surface area (TPSA) is 63.3 Å². The normalized spacial score (nSPS) is 21.9. The van der Waals surface area contributed by atoms with Crippen LogP contribution >= 0.6 is 0 Å². The molecule has 0 aromatic carbocycles. The quantitative estimate of drug-likeness (QED) is 0.555. The largest absolute Gasteiger partial charge is 0.478 e. The summed E-state index contributed by atoms with van der Waals surface area (Å²) in [5.74, 6) is -6.86. The highest BCUT2D eigenvalue weighted by molar-refractivity contribution is 5.77. The number of halogens is 6. The van der Waals surface area contributed by atoms with Gasteiger partial charge in [-0.05, 0) is 0 Å². The standard InChI is InChI=1S/C6H7F6NO2/c7-1(2(8)4(10)11)3(9)6(12,13)5(14)15/h1-4H,13H2,(H,14,15). The molecule has 0 bridgehead atoms. The smallest absolute Gasteiger partial charge is 0.359 e. The van der Waals surface area contributed by atoms with Gasteiger partial charge in [0.2, 0.25) is 0 Å². The summed E-state index contributed by atoms with van der Waals surface area (Å²) in [5.41, 5.74) is 4.15. The lowest BCUT2D eigenvalue weighted by atomic mass is 10.0. The molecule has 0 rings (SSSR count). The van der Waals surface area contributed by atoms with Crippen LogP contribution in [-0.2, 0) is 4.79 Å². The Kier molecular flexibility index (Phi) is 4.38. The van der Waals surface area contributed by atoms with Crippen molar-refractivity contribution in [2.24, 2.45) is 5.73 Å². The van der Waals surface area contributed by atoms with Crippen molar-refractivity contribution in [1.29, 1.82) is 0 Å². The minimum atomic E-state index is -4.25. The lowest BCUT2D eigenvalue weighted by Gasteiger charge is -2.24. The van der Waals surface area contributed by atoms with E-state index in [4.69, 9.17) is 5.11 Å². The lowest BCUT2D eigenvalue weighted by molar-refractivity contribution is -0.160. The number of carboxylic acid groups (broad SMARTS) is 1. The molecule has 4 unspecified atom stereocenters. The lowest BCUT2D eigenvalue weighted by Crippen LogP contribution is -2.57. The van der Waals surface area contributed by atoms with Gasteiger partial charge in [-0.15, -0.1) is 0 Å². The van der Waals surface area contributed by atoms with Gasteiger partial charge in [0.05, 0.1) is 0 Å². The van der Waals surface area contributed by atoms with E-state index >= 15 is 0 Å². The molecule has 0 fully saturated rings. The average Bonchev–Trinajstić information content (AvgIpc) is 2.13. The van der Waals surface area contributed by atoms with Gasteiger partial charge in [-0.25, -0.2) is 31.1 Å². The molecule has 3 N–H and O–H groups in total. The van der Waals surface area contributed by atoms with E-state index in [1.165, 1.54) is 0 Å². The molecule has 90 valence electrons. The summed E-state index contributed by atoms with van der Waals surface area (Å²) in [6, 6.07) is 0. The van der Waals surface area contributed by atoms with Crippen LogP contribution in [0.15, 0.2) is 0 Å². The average molecular weight is 239 g/mol. The molecular weight excluding hydrogens is 232 g/mol. The minimum absolute atomic E-state index is 2.61. The summed E-state index contributed by atoms with van der Waals surface area (Å²) in [4.78, 5) is 9.94. The first-order chi connectivity index (χ1) is 6.62. The van der Waals surface area contributed by atoms with Crippen molar-refractivity contribution in [3.05, 3.63) is 0 Å². The fourth-order valence-electron chi connectivity index (χ4n) is 0.650. The van der Waals surface area contributed by atoms with Gasteiger partial charge in [0.25, 0.3) is 12.2 Å². The monoisotopic (exact) mass is 239 g/mol. The summed E-state index contributed by atoms with van der Waals surface area (Å²) in [6.07, 6.45) is -14.9. The van der Waals surface area contributed by atoms with Gasteiger partial charge in [-0.2, -0.15) is 0 Å². The maximum atomic E-state index is 12.6. The van der Waals surface area contributed by atoms with E-state index in [-0.39, 0.29) is 0 Å². The Balaban J connectivity index is 4.71. The summed E-state index contributed by atoms with van der Waals surface area (Å²) in [7, 11) is 0. The number of alkyl halides is 6. The molecule has 0 aliphatic heterocycles. The predicted molar refractivity (Wildman–Crippen MR) is 36.4 cm³/mol. The number of rotatable bonds is 5. The molecule has 0 spiro atoms. The third-order valence-corrected chi connectivity index (χ3v) is 1.55. The molecule has 3 nitrogen and oxygen atoms in total. The first-order valence-corrected chi connectivity index (χ1v) is 3.54. The van der Waals surface area contributed by atoms with E-state index in [0.29, 0.717) is 0 Å². The van der Waals surface area contributed by atoms with Gasteiger partial charge in [0.1, 0.15) is 0 Å². The number of carboxylic acids is 1. The molecule has 0 aromatic heterocycles. The van der Waals surface area contributed by atoms with Crippen LogP contribution in [0.4, 0.5) is 26.3 Å². The second-order valence-electron chi connectivity index (χ2n) is 2.70. The number of hydrogen-bond acceptors (Lipinski definition) is 2. The highest BCUT2D eigenvalue weighted by Crippen LogP contribution is 2.25. The number of aliphatic carboxylic acids is 1. The highest BCUT2D eigenvalue weighted by Gasteiger charge is 2.52. The third-order valence-electron chi connectivity index (χ3n) is 1.55. The van der Waals surface area contributed by atoms with Crippen molar-refractivity contribution >= 4 is 5.97 Å². The first-order valence-electron chi connectivity index (χ1n) is 3.54. The molecule has 0 saturated carbocycles. The fraction of sp³-hybridized carbons (Fsp3) is 0.833. The van der Waals surface area contributed by atoms with E-state index in [9.17, 15) is 31.1 Å².